The van der Waals surface area contributed by atoms with E-state index in [-0.39, 0.29) is 0 Å². The molecule has 1 aromatic carbocycles. The number of rotatable bonds is 2. The summed E-state index contributed by atoms with van der Waals surface area (Å²) in [6, 6.07) is 11.7. The minimum Gasteiger partial charge on any atom is -0.264 e. The molecule has 0 fully saturated rings. The molecule has 0 radical (unpaired) electrons. The Morgan fingerprint density at radius 2 is 1.94 bits per heavy atom. The van der Waals surface area contributed by atoms with Crippen molar-refractivity contribution in [2.24, 2.45) is 0 Å². The van der Waals surface area contributed by atoms with Gasteiger partial charge in [0.2, 0.25) is 0 Å². The fourth-order valence-electron chi connectivity index (χ4n) is 1.65. The number of aromatic nitrogens is 4. The normalized spacial score (nSPS) is 10.5. The van der Waals surface area contributed by atoms with E-state index in [1.54, 1.807) is 12.4 Å². The second kappa shape index (κ2) is 4.70. The van der Waals surface area contributed by atoms with Crippen molar-refractivity contribution in [2.45, 2.75) is 0 Å². The Morgan fingerprint density at radius 3 is 2.72 bits per heavy atom. The molecular weight excluding hydrogens is 292 g/mol. The zero-order valence-electron chi connectivity index (χ0n) is 9.34. The van der Waals surface area contributed by atoms with Crippen LogP contribution in [0.5, 0.6) is 0 Å². The maximum atomic E-state index is 4.46. The fourth-order valence-corrected chi connectivity index (χ4v) is 2.05. The molecule has 0 spiro atoms. The second-order valence-electron chi connectivity index (χ2n) is 3.76. The highest BCUT2D eigenvalue weighted by Crippen LogP contribution is 2.22. The summed E-state index contributed by atoms with van der Waals surface area (Å²) in [5, 5.41) is 7.14. The lowest BCUT2D eigenvalue weighted by atomic mass is 10.2. The summed E-state index contributed by atoms with van der Waals surface area (Å²) in [5.41, 5.74) is 1.89. The Morgan fingerprint density at radius 1 is 1.06 bits per heavy atom. The third kappa shape index (κ3) is 2.17. The van der Waals surface area contributed by atoms with Gasteiger partial charge < -0.3 is 0 Å². The van der Waals surface area contributed by atoms with E-state index < -0.39 is 0 Å². The van der Waals surface area contributed by atoms with E-state index >= 15 is 0 Å². The molecule has 0 atom stereocenters. The van der Waals surface area contributed by atoms with E-state index in [9.17, 15) is 0 Å². The SMILES string of the molecule is Brc1cccc(-c2nc(-c3cccnc3)n[nH]2)c1. The van der Waals surface area contributed by atoms with Gasteiger partial charge in [0, 0.05) is 28.0 Å². The topological polar surface area (TPSA) is 54.5 Å². The summed E-state index contributed by atoms with van der Waals surface area (Å²) in [7, 11) is 0. The summed E-state index contributed by atoms with van der Waals surface area (Å²) < 4.78 is 1.01. The van der Waals surface area contributed by atoms with Crippen LogP contribution in [0.25, 0.3) is 22.8 Å². The van der Waals surface area contributed by atoms with E-state index in [0.717, 1.165) is 21.4 Å². The smallest absolute Gasteiger partial charge is 0.183 e. The van der Waals surface area contributed by atoms with E-state index in [2.05, 4.69) is 36.1 Å². The molecule has 3 aromatic rings. The van der Waals surface area contributed by atoms with Crippen LogP contribution in [0.1, 0.15) is 0 Å². The van der Waals surface area contributed by atoms with Crippen LogP contribution < -0.4 is 0 Å². The van der Waals surface area contributed by atoms with Gasteiger partial charge in [-0.3, -0.25) is 10.1 Å². The van der Waals surface area contributed by atoms with Gasteiger partial charge in [-0.2, -0.15) is 5.10 Å². The minimum absolute atomic E-state index is 0.651. The van der Waals surface area contributed by atoms with E-state index in [4.69, 9.17) is 0 Å². The first-order chi connectivity index (χ1) is 8.83. The van der Waals surface area contributed by atoms with Gasteiger partial charge in [0.05, 0.1) is 0 Å². The molecule has 5 heteroatoms. The standard InChI is InChI=1S/C13H9BrN4/c14-11-5-1-3-9(7-11)12-16-13(18-17-12)10-4-2-6-15-8-10/h1-8H,(H,16,17,18). The van der Waals surface area contributed by atoms with Crippen molar-refractivity contribution in [1.29, 1.82) is 0 Å². The lowest BCUT2D eigenvalue weighted by molar-refractivity contribution is 1.10. The van der Waals surface area contributed by atoms with Gasteiger partial charge >= 0.3 is 0 Å². The third-order valence-corrected chi connectivity index (χ3v) is 3.00. The zero-order valence-corrected chi connectivity index (χ0v) is 10.9. The van der Waals surface area contributed by atoms with Crippen molar-refractivity contribution in [3.8, 4) is 22.8 Å². The summed E-state index contributed by atoms with van der Waals surface area (Å²) in [4.78, 5) is 8.52. The first-order valence-corrected chi connectivity index (χ1v) is 6.21. The number of H-pyrrole nitrogens is 1. The van der Waals surface area contributed by atoms with Crippen molar-refractivity contribution in [2.75, 3.05) is 0 Å². The Bertz CT molecular complexity index is 664. The highest BCUT2D eigenvalue weighted by molar-refractivity contribution is 9.10. The molecule has 0 amide bonds. The third-order valence-electron chi connectivity index (χ3n) is 2.50. The van der Waals surface area contributed by atoms with Crippen molar-refractivity contribution in [3.63, 3.8) is 0 Å². The zero-order chi connectivity index (χ0) is 12.4. The fraction of sp³-hybridized carbons (Fsp3) is 0. The van der Waals surface area contributed by atoms with Gasteiger partial charge in [-0.25, -0.2) is 4.98 Å². The number of benzene rings is 1. The summed E-state index contributed by atoms with van der Waals surface area (Å²) in [6.45, 7) is 0. The highest BCUT2D eigenvalue weighted by Gasteiger charge is 2.07. The molecule has 2 heterocycles. The number of hydrogen-bond donors (Lipinski definition) is 1. The van der Waals surface area contributed by atoms with Crippen molar-refractivity contribution in [1.82, 2.24) is 20.2 Å². The Hall–Kier alpha value is -2.01. The van der Waals surface area contributed by atoms with Crippen LogP contribution in [-0.2, 0) is 0 Å². The molecule has 0 saturated heterocycles. The molecule has 0 saturated carbocycles. The van der Waals surface area contributed by atoms with E-state index in [0.29, 0.717) is 5.82 Å². The average Bonchev–Trinajstić information content (AvgIpc) is 2.89. The molecule has 1 N–H and O–H groups in total. The quantitative estimate of drug-likeness (QED) is 0.790. The predicted molar refractivity (Wildman–Crippen MR) is 72.7 cm³/mol. The number of nitrogens with zero attached hydrogens (tertiary/aromatic N) is 3. The first-order valence-electron chi connectivity index (χ1n) is 5.42. The van der Waals surface area contributed by atoms with Gasteiger partial charge in [-0.05, 0) is 24.3 Å². The van der Waals surface area contributed by atoms with Crippen molar-refractivity contribution >= 4 is 15.9 Å². The van der Waals surface area contributed by atoms with Crippen LogP contribution in [0.4, 0.5) is 0 Å². The number of pyridine rings is 1. The Labute approximate surface area is 112 Å². The Kier molecular flexibility index (Phi) is 2.90. The molecule has 0 unspecified atom stereocenters. The maximum Gasteiger partial charge on any atom is 0.183 e. The molecule has 2 aromatic heterocycles. The maximum absolute atomic E-state index is 4.46. The van der Waals surface area contributed by atoms with Crippen LogP contribution in [0, 0.1) is 0 Å². The van der Waals surface area contributed by atoms with Crippen LogP contribution in [0.15, 0.2) is 53.3 Å². The van der Waals surface area contributed by atoms with Gasteiger partial charge in [0.15, 0.2) is 11.6 Å². The van der Waals surface area contributed by atoms with Gasteiger partial charge in [-0.1, -0.05) is 28.1 Å². The summed E-state index contributed by atoms with van der Waals surface area (Å²) in [6.07, 6.45) is 3.47. The number of nitrogens with one attached hydrogen (secondary N) is 1. The lowest BCUT2D eigenvalue weighted by Gasteiger charge is -1.96. The van der Waals surface area contributed by atoms with Gasteiger partial charge in [0.1, 0.15) is 0 Å². The molecular formula is C13H9BrN4. The molecule has 88 valence electrons. The van der Waals surface area contributed by atoms with Crippen LogP contribution in [-0.4, -0.2) is 20.2 Å². The van der Waals surface area contributed by atoms with Crippen molar-refractivity contribution in [3.05, 3.63) is 53.3 Å². The molecule has 0 aliphatic heterocycles. The van der Waals surface area contributed by atoms with Crippen molar-refractivity contribution < 1.29 is 0 Å². The van der Waals surface area contributed by atoms with Crippen LogP contribution in [0.2, 0.25) is 0 Å². The first kappa shape index (κ1) is 11.1. The number of aromatic amines is 1. The Balaban J connectivity index is 2.00. The average molecular weight is 301 g/mol. The highest BCUT2D eigenvalue weighted by atomic mass is 79.9. The largest absolute Gasteiger partial charge is 0.264 e. The van der Waals surface area contributed by atoms with Crippen LogP contribution >= 0.6 is 15.9 Å². The second-order valence-corrected chi connectivity index (χ2v) is 4.68. The molecule has 0 aliphatic rings. The number of halogens is 1. The molecule has 3 rings (SSSR count). The molecule has 18 heavy (non-hydrogen) atoms. The molecule has 0 aliphatic carbocycles. The molecule has 0 bridgehead atoms. The van der Waals surface area contributed by atoms with Gasteiger partial charge in [-0.15, -0.1) is 0 Å². The van der Waals surface area contributed by atoms with E-state index in [1.807, 2.05) is 36.4 Å². The molecule has 4 nitrogen and oxygen atoms in total. The van der Waals surface area contributed by atoms with E-state index in [1.165, 1.54) is 0 Å². The number of hydrogen-bond acceptors (Lipinski definition) is 3. The lowest BCUT2D eigenvalue weighted by Crippen LogP contribution is -1.82. The van der Waals surface area contributed by atoms with Crippen LogP contribution in [0.3, 0.4) is 0 Å². The monoisotopic (exact) mass is 300 g/mol. The summed E-state index contributed by atoms with van der Waals surface area (Å²) in [5.74, 6) is 1.40. The van der Waals surface area contributed by atoms with Gasteiger partial charge in [0.25, 0.3) is 0 Å². The summed E-state index contributed by atoms with van der Waals surface area (Å²) >= 11 is 3.44. The minimum atomic E-state index is 0.651. The predicted octanol–water partition coefficient (Wildman–Crippen LogP) is 3.30.